The number of nitrogen functional groups attached to an aromatic ring is 1. The van der Waals surface area contributed by atoms with Gasteiger partial charge in [0.25, 0.3) is 0 Å². The molecule has 5 heterocycles. The van der Waals surface area contributed by atoms with Crippen molar-refractivity contribution in [1.82, 2.24) is 14.5 Å². The van der Waals surface area contributed by atoms with Gasteiger partial charge in [-0.15, -0.1) is 0 Å². The Kier molecular flexibility index (Phi) is 7.70. The summed E-state index contributed by atoms with van der Waals surface area (Å²) >= 11 is 6.00. The second-order valence-corrected chi connectivity index (χ2v) is 9.64. The summed E-state index contributed by atoms with van der Waals surface area (Å²) in [6.45, 7) is 3.16. The van der Waals surface area contributed by atoms with Crippen molar-refractivity contribution in [2.45, 2.75) is 58.3 Å². The molecule has 1 saturated heterocycles. The lowest BCUT2D eigenvalue weighted by Gasteiger charge is -2.29. The quantitative estimate of drug-likeness (QED) is 0.223. The number of carbonyl (C=O) groups excluding carboxylic acids is 2. The van der Waals surface area contributed by atoms with Crippen molar-refractivity contribution < 1.29 is 50.9 Å². The lowest BCUT2D eigenvalue weighted by atomic mass is 10.00. The molecule has 18 heteroatoms. The van der Waals surface area contributed by atoms with Gasteiger partial charge in [0, 0.05) is 12.6 Å². The third-order valence-corrected chi connectivity index (χ3v) is 6.58. The van der Waals surface area contributed by atoms with Crippen LogP contribution in [0.1, 0.15) is 42.6 Å². The highest BCUT2D eigenvalue weighted by Crippen LogP contribution is 2.41. The molecule has 0 bridgehead atoms. The summed E-state index contributed by atoms with van der Waals surface area (Å²) in [6.07, 6.45) is -2.41. The van der Waals surface area contributed by atoms with Crippen LogP contribution in [0.5, 0.6) is 0 Å². The molecule has 5 rings (SSSR count). The van der Waals surface area contributed by atoms with Crippen molar-refractivity contribution in [3.8, 4) is 0 Å². The molecule has 0 amide bonds. The van der Waals surface area contributed by atoms with E-state index in [1.807, 2.05) is 0 Å². The first-order chi connectivity index (χ1) is 19.9. The van der Waals surface area contributed by atoms with Crippen LogP contribution >= 0.6 is 11.6 Å². The zero-order chi connectivity index (χ0) is 30.2. The number of rotatable bonds is 8. The number of aryl methyl sites for hydroxylation is 2. The smallest absolute Gasteiger partial charge is 0.431 e. The van der Waals surface area contributed by atoms with Gasteiger partial charge in [0.15, 0.2) is 36.3 Å². The summed E-state index contributed by atoms with van der Waals surface area (Å²) in [5, 5.41) is 0.416. The molecule has 2 N–H and O–H groups in total. The molecule has 3 atom stereocenters. The lowest BCUT2D eigenvalue weighted by molar-refractivity contribution is -0.128. The third kappa shape index (κ3) is 5.96. The number of nitrogens with two attached hydrogens (primary N) is 1. The minimum absolute atomic E-state index is 0.00277. The Labute approximate surface area is 239 Å². The van der Waals surface area contributed by atoms with Crippen molar-refractivity contribution in [3.63, 3.8) is 0 Å². The van der Waals surface area contributed by atoms with Crippen molar-refractivity contribution in [2.75, 3.05) is 12.3 Å². The number of anilines is 1. The fourth-order valence-electron chi connectivity index (χ4n) is 4.25. The van der Waals surface area contributed by atoms with Gasteiger partial charge in [0.05, 0.1) is 5.39 Å². The summed E-state index contributed by atoms with van der Waals surface area (Å²) < 4.78 is 47.7. The third-order valence-electron chi connectivity index (χ3n) is 6.42. The first kappa shape index (κ1) is 28.7. The first-order valence-corrected chi connectivity index (χ1v) is 12.6. The van der Waals surface area contributed by atoms with Crippen LogP contribution in [0.15, 0.2) is 39.5 Å². The maximum absolute atomic E-state index is 12.6. The summed E-state index contributed by atoms with van der Waals surface area (Å²) in [6, 6.07) is 1.66. The van der Waals surface area contributed by atoms with Crippen molar-refractivity contribution >= 4 is 40.8 Å². The second kappa shape index (κ2) is 11.2. The molecule has 0 aromatic carbocycles. The first-order valence-electron chi connectivity index (χ1n) is 12.2. The van der Waals surface area contributed by atoms with Crippen LogP contribution in [-0.2, 0) is 36.9 Å². The fourth-order valence-corrected chi connectivity index (χ4v) is 4.43. The molecular formula is C24H23ClN4O13. The molecule has 17 nitrogen and oxygen atoms in total. The average Bonchev–Trinajstić information content (AvgIpc) is 3.65. The number of nitrogens with zero attached hydrogens (tertiary/aromatic N) is 3. The highest BCUT2D eigenvalue weighted by molar-refractivity contribution is 6.28. The van der Waals surface area contributed by atoms with Crippen molar-refractivity contribution in [1.29, 1.82) is 0 Å². The predicted molar refractivity (Wildman–Crippen MR) is 135 cm³/mol. The number of aromatic nitrogens is 3. The van der Waals surface area contributed by atoms with E-state index in [0.29, 0.717) is 11.0 Å². The maximum atomic E-state index is 12.6. The van der Waals surface area contributed by atoms with E-state index in [4.69, 9.17) is 58.7 Å². The normalized spacial score (nSPS) is 20.1. The Bertz CT molecular complexity index is 1750. The molecule has 4 aromatic heterocycles. The van der Waals surface area contributed by atoms with Crippen LogP contribution in [0.25, 0.3) is 11.0 Å². The van der Waals surface area contributed by atoms with E-state index in [1.165, 1.54) is 13.8 Å². The fraction of sp³-hybridized carbons (Fsp3) is 0.417. The Morgan fingerprint density at radius 3 is 2.24 bits per heavy atom. The van der Waals surface area contributed by atoms with E-state index in [0.717, 1.165) is 0 Å². The minimum atomic E-state index is -1.43. The second-order valence-electron chi connectivity index (χ2n) is 9.30. The predicted octanol–water partition coefficient (Wildman–Crippen LogP) is 3.13. The van der Waals surface area contributed by atoms with Gasteiger partial charge in [0.1, 0.15) is 36.0 Å². The van der Waals surface area contributed by atoms with Gasteiger partial charge in [0.2, 0.25) is 5.28 Å². The van der Waals surface area contributed by atoms with Gasteiger partial charge in [-0.1, -0.05) is 0 Å². The maximum Gasteiger partial charge on any atom is 0.519 e. The van der Waals surface area contributed by atoms with E-state index >= 15 is 0 Å². The van der Waals surface area contributed by atoms with E-state index in [-0.39, 0.29) is 40.6 Å². The topological polar surface area (TPSA) is 224 Å². The van der Waals surface area contributed by atoms with Gasteiger partial charge in [-0.2, -0.15) is 4.98 Å². The Balaban J connectivity index is 1.31. The SMILES string of the molecule is Cc1oc(=O)oc1COC(=O)OC[C@@]1(C)O[C@@H](n2ccc3c(N)nc(Cl)nc32)C[C@@H]1OC(=O)OCc1oc(=O)oc1C. The van der Waals surface area contributed by atoms with Crippen LogP contribution < -0.4 is 17.4 Å². The molecule has 1 aliphatic rings. The van der Waals surface area contributed by atoms with Gasteiger partial charge < -0.3 is 51.7 Å². The number of fused-ring (bicyclic) bond motifs is 1. The summed E-state index contributed by atoms with van der Waals surface area (Å²) in [7, 11) is 0. The Morgan fingerprint density at radius 2 is 1.64 bits per heavy atom. The van der Waals surface area contributed by atoms with E-state index in [9.17, 15) is 19.2 Å². The standard InChI is InChI=1S/C24H23ClN4O13/c1-10-13(39-22(32)37-10)7-34-20(30)36-9-24(3)15(41-21(31)35-8-14-11(2)38-23(33)40-14)6-16(42-24)29-5-4-12-17(26)27-19(25)28-18(12)29/h4-5,15-16H,6-9H2,1-3H3,(H2,26,27,28)/t15-,16+,24+/m0/s1. The molecule has 0 saturated carbocycles. The van der Waals surface area contributed by atoms with E-state index in [1.54, 1.807) is 23.8 Å². The van der Waals surface area contributed by atoms with Crippen LogP contribution in [-0.4, -0.2) is 45.2 Å². The number of carbonyl (C=O) groups is 2. The highest BCUT2D eigenvalue weighted by atomic mass is 35.5. The van der Waals surface area contributed by atoms with Gasteiger partial charge in [-0.3, -0.25) is 0 Å². The molecule has 224 valence electrons. The van der Waals surface area contributed by atoms with Gasteiger partial charge >= 0.3 is 24.0 Å². The lowest BCUT2D eigenvalue weighted by Crippen LogP contribution is -2.44. The summed E-state index contributed by atoms with van der Waals surface area (Å²) in [5.41, 5.74) is 4.88. The summed E-state index contributed by atoms with van der Waals surface area (Å²) in [4.78, 5) is 55.5. The Morgan fingerprint density at radius 1 is 1.02 bits per heavy atom. The molecule has 42 heavy (non-hydrogen) atoms. The number of ether oxygens (including phenoxy) is 5. The van der Waals surface area contributed by atoms with Gasteiger partial charge in [-0.25, -0.2) is 24.2 Å². The molecule has 0 unspecified atom stereocenters. The van der Waals surface area contributed by atoms with Crippen LogP contribution in [0.3, 0.4) is 0 Å². The largest absolute Gasteiger partial charge is 0.519 e. The van der Waals surface area contributed by atoms with Crippen LogP contribution in [0.4, 0.5) is 15.4 Å². The highest BCUT2D eigenvalue weighted by Gasteiger charge is 2.50. The number of hydrogen-bond donors (Lipinski definition) is 1. The Hall–Kier alpha value is -4.77. The molecule has 1 fully saturated rings. The summed E-state index contributed by atoms with van der Waals surface area (Å²) in [5.74, 6) is -1.45. The van der Waals surface area contributed by atoms with Crippen molar-refractivity contribution in [3.05, 3.63) is 61.8 Å². The zero-order valence-electron chi connectivity index (χ0n) is 22.2. The minimum Gasteiger partial charge on any atom is -0.431 e. The molecule has 0 spiro atoms. The number of hydrogen-bond acceptors (Lipinski definition) is 16. The molecule has 1 aliphatic heterocycles. The molecule has 4 aromatic rings. The average molecular weight is 611 g/mol. The van der Waals surface area contributed by atoms with Crippen LogP contribution in [0, 0.1) is 13.8 Å². The molecular weight excluding hydrogens is 588 g/mol. The van der Waals surface area contributed by atoms with Crippen LogP contribution in [0.2, 0.25) is 5.28 Å². The van der Waals surface area contributed by atoms with Crippen molar-refractivity contribution in [2.24, 2.45) is 0 Å². The van der Waals surface area contributed by atoms with E-state index < -0.39 is 61.7 Å². The molecule has 0 radical (unpaired) electrons. The van der Waals surface area contributed by atoms with E-state index in [2.05, 4.69) is 9.97 Å². The number of halogens is 1. The zero-order valence-corrected chi connectivity index (χ0v) is 23.0. The monoisotopic (exact) mass is 610 g/mol. The molecule has 0 aliphatic carbocycles. The van der Waals surface area contributed by atoms with Gasteiger partial charge in [-0.05, 0) is 38.4 Å².